The second kappa shape index (κ2) is 12.5. The monoisotopic (exact) mass is 738 g/mol. The van der Waals surface area contributed by atoms with Crippen molar-refractivity contribution in [2.75, 3.05) is 0 Å². The van der Waals surface area contributed by atoms with Crippen LogP contribution in [0.3, 0.4) is 0 Å². The summed E-state index contributed by atoms with van der Waals surface area (Å²) in [5.74, 6) is 0. The molecule has 2 nitrogen and oxygen atoms in total. The van der Waals surface area contributed by atoms with Crippen molar-refractivity contribution in [3.63, 3.8) is 0 Å². The van der Waals surface area contributed by atoms with Crippen LogP contribution in [-0.4, -0.2) is 9.13 Å². The molecule has 0 aliphatic carbocycles. The van der Waals surface area contributed by atoms with Crippen molar-refractivity contribution >= 4 is 75.9 Å². The summed E-state index contributed by atoms with van der Waals surface area (Å²) in [6, 6.07) is 72.2. The summed E-state index contributed by atoms with van der Waals surface area (Å²) < 4.78 is 4.63. The summed E-state index contributed by atoms with van der Waals surface area (Å²) in [4.78, 5) is 0. The van der Waals surface area contributed by atoms with Crippen LogP contribution in [0.25, 0.3) is 120 Å². The van der Waals surface area contributed by atoms with Crippen LogP contribution in [0.2, 0.25) is 0 Å². The molecule has 2 aromatic heterocycles. The Morgan fingerprint density at radius 1 is 0.259 bits per heavy atom. The molecule has 12 aromatic rings. The highest BCUT2D eigenvalue weighted by molar-refractivity contribution is 6.24. The van der Waals surface area contributed by atoms with Gasteiger partial charge in [0.15, 0.2) is 0 Å². The third-order valence-corrected chi connectivity index (χ3v) is 12.8. The van der Waals surface area contributed by atoms with Crippen molar-refractivity contribution in [3.05, 3.63) is 194 Å². The average Bonchev–Trinajstić information content (AvgIpc) is 3.74. The van der Waals surface area contributed by atoms with E-state index in [1.165, 1.54) is 120 Å². The molecule has 0 bridgehead atoms. The maximum Gasteiger partial charge on any atom is 0.0489 e. The van der Waals surface area contributed by atoms with Gasteiger partial charge in [-0.25, -0.2) is 0 Å². The number of hydrogen-bond acceptors (Lipinski definition) is 0. The summed E-state index contributed by atoms with van der Waals surface area (Å²) in [5.41, 5.74) is 14.9. The van der Waals surface area contributed by atoms with Crippen LogP contribution < -0.4 is 0 Å². The van der Waals surface area contributed by atoms with Gasteiger partial charge in [0.25, 0.3) is 0 Å². The van der Waals surface area contributed by atoms with E-state index in [1.54, 1.807) is 0 Å². The molecule has 0 atom stereocenters. The Hall–Kier alpha value is -7.42. The molecule has 0 fully saturated rings. The average molecular weight is 739 g/mol. The van der Waals surface area contributed by atoms with Gasteiger partial charge in [0.2, 0.25) is 0 Å². The van der Waals surface area contributed by atoms with E-state index >= 15 is 0 Å². The predicted molar refractivity (Wildman–Crippen MR) is 249 cm³/mol. The molecule has 0 aliphatic rings. The lowest BCUT2D eigenvalue weighted by atomic mass is 9.82. The number of benzene rings is 10. The fraction of sp³-hybridized carbons (Fsp3) is 0.0357. The lowest BCUT2D eigenvalue weighted by molar-refractivity contribution is 1.01. The Balaban J connectivity index is 1.23. The topological polar surface area (TPSA) is 9.86 Å². The van der Waals surface area contributed by atoms with Gasteiger partial charge < -0.3 is 9.13 Å². The van der Waals surface area contributed by atoms with Crippen molar-refractivity contribution in [2.24, 2.45) is 14.1 Å². The number of nitrogens with zero attached hydrogens (tertiary/aromatic N) is 2. The maximum absolute atomic E-state index is 2.48. The number of aryl methyl sites for hydroxylation is 2. The van der Waals surface area contributed by atoms with Gasteiger partial charge in [-0.15, -0.1) is 0 Å². The molecule has 0 amide bonds. The predicted octanol–water partition coefficient (Wildman–Crippen LogP) is 15.1. The molecule has 12 rings (SSSR count). The standard InChI is InChI=1S/C56H38N2/c1-57-51-24-10-8-18-43(51)49-32-37(27-30-53(49)57)39-20-12-22-45-47(39)34-48-40(38-28-31-54-50(33-38)44-19-9-11-25-52(44)58(54)2)21-13-23-46(48)56(45)55-41-17-7-6-16-36(41)26-29-42(55)35-14-4-3-5-15-35/h3-34H,1-2H3. The van der Waals surface area contributed by atoms with E-state index in [0.717, 1.165) is 0 Å². The summed E-state index contributed by atoms with van der Waals surface area (Å²) in [6.07, 6.45) is 0. The van der Waals surface area contributed by atoms with Crippen LogP contribution in [0.15, 0.2) is 194 Å². The molecular formula is C56H38N2. The zero-order chi connectivity index (χ0) is 38.5. The van der Waals surface area contributed by atoms with Gasteiger partial charge in [-0.3, -0.25) is 0 Å². The quantitative estimate of drug-likeness (QED) is 0.159. The van der Waals surface area contributed by atoms with Crippen LogP contribution in [0, 0.1) is 0 Å². The first-order valence-corrected chi connectivity index (χ1v) is 20.1. The van der Waals surface area contributed by atoms with E-state index in [9.17, 15) is 0 Å². The summed E-state index contributed by atoms with van der Waals surface area (Å²) >= 11 is 0. The molecule has 272 valence electrons. The number of fused-ring (bicyclic) bond motifs is 9. The third kappa shape index (κ3) is 4.72. The summed E-state index contributed by atoms with van der Waals surface area (Å²) in [6.45, 7) is 0. The van der Waals surface area contributed by atoms with Gasteiger partial charge in [0.1, 0.15) is 0 Å². The largest absolute Gasteiger partial charge is 0.344 e. The summed E-state index contributed by atoms with van der Waals surface area (Å²) in [7, 11) is 4.35. The molecule has 2 heteroatoms. The van der Waals surface area contributed by atoms with Gasteiger partial charge in [-0.05, 0) is 119 Å². The first-order valence-electron chi connectivity index (χ1n) is 20.1. The van der Waals surface area contributed by atoms with Crippen molar-refractivity contribution in [1.82, 2.24) is 9.13 Å². The van der Waals surface area contributed by atoms with E-state index in [4.69, 9.17) is 0 Å². The van der Waals surface area contributed by atoms with Crippen molar-refractivity contribution < 1.29 is 0 Å². The minimum atomic E-state index is 1.21. The molecule has 0 aliphatic heterocycles. The molecule has 0 unspecified atom stereocenters. The zero-order valence-electron chi connectivity index (χ0n) is 32.4. The highest BCUT2D eigenvalue weighted by Crippen LogP contribution is 2.48. The molecule has 10 aromatic carbocycles. The van der Waals surface area contributed by atoms with Crippen molar-refractivity contribution in [2.45, 2.75) is 0 Å². The molecule has 0 N–H and O–H groups in total. The van der Waals surface area contributed by atoms with Gasteiger partial charge in [0, 0.05) is 57.7 Å². The second-order valence-corrected chi connectivity index (χ2v) is 15.7. The number of para-hydroxylation sites is 2. The van der Waals surface area contributed by atoms with E-state index < -0.39 is 0 Å². The number of hydrogen-bond donors (Lipinski definition) is 0. The Morgan fingerprint density at radius 2 is 0.741 bits per heavy atom. The minimum absolute atomic E-state index is 1.21. The van der Waals surface area contributed by atoms with E-state index in [1.807, 2.05) is 0 Å². The lowest BCUT2D eigenvalue weighted by Gasteiger charge is -2.21. The smallest absolute Gasteiger partial charge is 0.0489 e. The van der Waals surface area contributed by atoms with Gasteiger partial charge in [0.05, 0.1) is 0 Å². The Morgan fingerprint density at radius 3 is 1.33 bits per heavy atom. The zero-order valence-corrected chi connectivity index (χ0v) is 32.4. The number of aromatic nitrogens is 2. The molecule has 2 heterocycles. The van der Waals surface area contributed by atoms with Gasteiger partial charge in [-0.2, -0.15) is 0 Å². The molecular weight excluding hydrogens is 701 g/mol. The molecule has 0 saturated carbocycles. The van der Waals surface area contributed by atoms with E-state index in [2.05, 4.69) is 217 Å². The van der Waals surface area contributed by atoms with Gasteiger partial charge in [-0.1, -0.05) is 152 Å². The maximum atomic E-state index is 2.48. The van der Waals surface area contributed by atoms with Crippen molar-refractivity contribution in [1.29, 1.82) is 0 Å². The highest BCUT2D eigenvalue weighted by Gasteiger charge is 2.21. The second-order valence-electron chi connectivity index (χ2n) is 15.7. The molecule has 58 heavy (non-hydrogen) atoms. The van der Waals surface area contributed by atoms with E-state index in [0.29, 0.717) is 0 Å². The fourth-order valence-electron chi connectivity index (χ4n) is 10.0. The van der Waals surface area contributed by atoms with Crippen LogP contribution in [-0.2, 0) is 14.1 Å². The highest BCUT2D eigenvalue weighted by atomic mass is 14.9. The van der Waals surface area contributed by atoms with Crippen LogP contribution in [0.1, 0.15) is 0 Å². The Labute approximate surface area is 336 Å². The minimum Gasteiger partial charge on any atom is -0.344 e. The third-order valence-electron chi connectivity index (χ3n) is 12.8. The van der Waals surface area contributed by atoms with E-state index in [-0.39, 0.29) is 0 Å². The summed E-state index contributed by atoms with van der Waals surface area (Å²) in [5, 5.41) is 12.6. The molecule has 0 spiro atoms. The molecule has 0 saturated heterocycles. The SMILES string of the molecule is Cn1c2ccccc2c2cc(-c3cccc4c(-c5c(-c6ccccc6)ccc6ccccc56)c5cccc(-c6ccc7c(c6)c6ccccc6n7C)c5cc34)ccc21. The Bertz CT molecular complexity index is 3460. The van der Waals surface area contributed by atoms with Crippen LogP contribution >= 0.6 is 0 Å². The number of rotatable bonds is 4. The lowest BCUT2D eigenvalue weighted by Crippen LogP contribution is -1.94. The van der Waals surface area contributed by atoms with Gasteiger partial charge >= 0.3 is 0 Å². The van der Waals surface area contributed by atoms with Crippen molar-refractivity contribution in [3.8, 4) is 44.5 Å². The Kier molecular flexibility index (Phi) is 7.09. The fourth-order valence-corrected chi connectivity index (χ4v) is 10.0. The first-order chi connectivity index (χ1) is 28.6. The van der Waals surface area contributed by atoms with Crippen LogP contribution in [0.4, 0.5) is 0 Å². The molecule has 0 radical (unpaired) electrons. The van der Waals surface area contributed by atoms with Crippen LogP contribution in [0.5, 0.6) is 0 Å². The first kappa shape index (κ1) is 32.8. The normalized spacial score (nSPS) is 12.0.